The van der Waals surface area contributed by atoms with Crippen LogP contribution in [-0.4, -0.2) is 26.7 Å². The van der Waals surface area contributed by atoms with E-state index in [0.29, 0.717) is 22.1 Å². The van der Waals surface area contributed by atoms with E-state index in [1.807, 2.05) is 24.5 Å². The maximum absolute atomic E-state index is 9.45. The first-order chi connectivity index (χ1) is 8.58. The summed E-state index contributed by atoms with van der Waals surface area (Å²) in [5, 5.41) is 27.8. The molecule has 0 bridgehead atoms. The van der Waals surface area contributed by atoms with Gasteiger partial charge in [-0.15, -0.1) is 0 Å². The molecule has 0 unspecified atom stereocenters. The summed E-state index contributed by atoms with van der Waals surface area (Å²) in [6.07, 6.45) is 0.924. The topological polar surface area (TPSA) is 82.1 Å². The molecule has 1 aromatic carbocycles. The Balaban J connectivity index is 2.80. The molecule has 1 aromatic heterocycles. The number of fused-ring (bicyclic) bond motifs is 1. The van der Waals surface area contributed by atoms with Crippen molar-refractivity contribution < 1.29 is 10.0 Å². The average Bonchev–Trinajstić information content (AvgIpc) is 2.65. The summed E-state index contributed by atoms with van der Waals surface area (Å²) in [5.41, 5.74) is 2.04. The zero-order valence-electron chi connectivity index (χ0n) is 10.4. The molecule has 0 aliphatic heterocycles. The molecule has 2 aromatic rings. The summed E-state index contributed by atoms with van der Waals surface area (Å²) in [5.74, 6) is 0.809. The van der Waals surface area contributed by atoms with Crippen molar-refractivity contribution in [3.05, 3.63) is 23.5 Å². The van der Waals surface area contributed by atoms with E-state index in [2.05, 4.69) is 4.98 Å². The highest BCUT2D eigenvalue weighted by molar-refractivity contribution is 6.61. The summed E-state index contributed by atoms with van der Waals surface area (Å²) in [6, 6.07) is 5.17. The van der Waals surface area contributed by atoms with Crippen molar-refractivity contribution in [2.24, 2.45) is 0 Å². The van der Waals surface area contributed by atoms with Gasteiger partial charge in [0.05, 0.1) is 22.7 Å². The van der Waals surface area contributed by atoms with Crippen LogP contribution in [-0.2, 0) is 6.54 Å². The Kier molecular flexibility index (Phi) is 3.37. The maximum atomic E-state index is 9.45. The lowest BCUT2D eigenvalue weighted by atomic mass is 9.78. The highest BCUT2D eigenvalue weighted by atomic mass is 16.4. The number of nitriles is 1. The fourth-order valence-corrected chi connectivity index (χ4v) is 2.18. The van der Waals surface area contributed by atoms with Gasteiger partial charge in [-0.25, -0.2) is 4.98 Å². The molecule has 6 heteroatoms. The lowest BCUT2D eigenvalue weighted by Crippen LogP contribution is -2.32. The molecular weight excluding hydrogens is 229 g/mol. The SMILES string of the molecule is CCCn1c(C)nc2cc(C#N)cc(B(O)O)c21. The largest absolute Gasteiger partial charge is 0.490 e. The summed E-state index contributed by atoms with van der Waals surface area (Å²) < 4.78 is 1.95. The monoisotopic (exact) mass is 243 g/mol. The molecule has 0 aliphatic rings. The molecule has 2 N–H and O–H groups in total. The first-order valence-corrected chi connectivity index (χ1v) is 5.85. The van der Waals surface area contributed by atoms with E-state index in [1.165, 1.54) is 6.07 Å². The number of hydrogen-bond acceptors (Lipinski definition) is 4. The summed E-state index contributed by atoms with van der Waals surface area (Å²) >= 11 is 0. The molecule has 5 nitrogen and oxygen atoms in total. The van der Waals surface area contributed by atoms with Gasteiger partial charge < -0.3 is 14.6 Å². The summed E-state index contributed by atoms with van der Waals surface area (Å²) in [6.45, 7) is 4.67. The van der Waals surface area contributed by atoms with Crippen LogP contribution in [0, 0.1) is 18.3 Å². The van der Waals surface area contributed by atoms with Crippen molar-refractivity contribution >= 4 is 23.6 Å². The van der Waals surface area contributed by atoms with Crippen molar-refractivity contribution in [1.29, 1.82) is 5.26 Å². The van der Waals surface area contributed by atoms with Crippen molar-refractivity contribution in [3.8, 4) is 6.07 Å². The van der Waals surface area contributed by atoms with Crippen LogP contribution in [0.4, 0.5) is 0 Å². The zero-order chi connectivity index (χ0) is 13.3. The van der Waals surface area contributed by atoms with Gasteiger partial charge in [0.25, 0.3) is 0 Å². The number of aromatic nitrogens is 2. The molecule has 0 saturated heterocycles. The Bertz CT molecular complexity index is 628. The molecule has 0 atom stereocenters. The van der Waals surface area contributed by atoms with Gasteiger partial charge >= 0.3 is 7.12 Å². The summed E-state index contributed by atoms with van der Waals surface area (Å²) in [7, 11) is -1.60. The number of aryl methyl sites for hydroxylation is 2. The normalized spacial score (nSPS) is 10.6. The van der Waals surface area contributed by atoms with Crippen LogP contribution in [0.15, 0.2) is 12.1 Å². The molecule has 2 rings (SSSR count). The van der Waals surface area contributed by atoms with E-state index >= 15 is 0 Å². The van der Waals surface area contributed by atoms with Gasteiger partial charge in [0.1, 0.15) is 5.82 Å². The Hall–Kier alpha value is -1.84. The van der Waals surface area contributed by atoms with Crippen LogP contribution in [0.1, 0.15) is 24.7 Å². The third kappa shape index (κ3) is 1.99. The number of rotatable bonds is 3. The lowest BCUT2D eigenvalue weighted by Gasteiger charge is -2.09. The molecule has 92 valence electrons. The van der Waals surface area contributed by atoms with E-state index in [0.717, 1.165) is 18.8 Å². The predicted molar refractivity (Wildman–Crippen MR) is 69.3 cm³/mol. The smallest absolute Gasteiger partial charge is 0.423 e. The van der Waals surface area contributed by atoms with Crippen LogP contribution in [0.2, 0.25) is 0 Å². The molecule has 0 saturated carbocycles. The minimum atomic E-state index is -1.60. The van der Waals surface area contributed by atoms with E-state index in [4.69, 9.17) is 5.26 Å². The molecule has 1 heterocycles. The highest BCUT2D eigenvalue weighted by Crippen LogP contribution is 2.17. The molecule has 18 heavy (non-hydrogen) atoms. The molecule has 0 amide bonds. The molecule has 0 fully saturated rings. The van der Waals surface area contributed by atoms with E-state index in [-0.39, 0.29) is 0 Å². The van der Waals surface area contributed by atoms with Crippen LogP contribution in [0.25, 0.3) is 11.0 Å². The third-order valence-corrected chi connectivity index (χ3v) is 2.92. The Morgan fingerprint density at radius 3 is 2.72 bits per heavy atom. The van der Waals surface area contributed by atoms with Crippen LogP contribution in [0.5, 0.6) is 0 Å². The van der Waals surface area contributed by atoms with Gasteiger partial charge in [0, 0.05) is 12.0 Å². The Morgan fingerprint density at radius 2 is 2.17 bits per heavy atom. The Labute approximate surface area is 105 Å². The van der Waals surface area contributed by atoms with Crippen molar-refractivity contribution in [2.75, 3.05) is 0 Å². The fraction of sp³-hybridized carbons (Fsp3) is 0.333. The summed E-state index contributed by atoms with van der Waals surface area (Å²) in [4.78, 5) is 4.37. The molecular formula is C12H14BN3O2. The van der Waals surface area contributed by atoms with Gasteiger partial charge in [-0.2, -0.15) is 5.26 Å². The van der Waals surface area contributed by atoms with Gasteiger partial charge in [-0.05, 0) is 25.5 Å². The second kappa shape index (κ2) is 4.80. The first-order valence-electron chi connectivity index (χ1n) is 5.85. The fourth-order valence-electron chi connectivity index (χ4n) is 2.18. The number of imidazole rings is 1. The van der Waals surface area contributed by atoms with Gasteiger partial charge in [-0.1, -0.05) is 6.92 Å². The van der Waals surface area contributed by atoms with Crippen molar-refractivity contribution in [2.45, 2.75) is 26.8 Å². The zero-order valence-corrected chi connectivity index (χ0v) is 10.4. The third-order valence-electron chi connectivity index (χ3n) is 2.92. The maximum Gasteiger partial charge on any atom is 0.490 e. The Morgan fingerprint density at radius 1 is 1.44 bits per heavy atom. The van der Waals surface area contributed by atoms with E-state index in [9.17, 15) is 10.0 Å². The van der Waals surface area contributed by atoms with Gasteiger partial charge in [-0.3, -0.25) is 0 Å². The minimum absolute atomic E-state index is 0.332. The molecule has 0 spiro atoms. The first kappa shape index (κ1) is 12.6. The molecule has 0 aliphatic carbocycles. The van der Waals surface area contributed by atoms with Gasteiger partial charge in [0.2, 0.25) is 0 Å². The second-order valence-corrected chi connectivity index (χ2v) is 4.23. The lowest BCUT2D eigenvalue weighted by molar-refractivity contribution is 0.426. The van der Waals surface area contributed by atoms with E-state index in [1.54, 1.807) is 6.07 Å². The van der Waals surface area contributed by atoms with Crippen LogP contribution >= 0.6 is 0 Å². The highest BCUT2D eigenvalue weighted by Gasteiger charge is 2.20. The number of hydrogen-bond donors (Lipinski definition) is 2. The van der Waals surface area contributed by atoms with Gasteiger partial charge in [0.15, 0.2) is 0 Å². The number of nitrogens with zero attached hydrogens (tertiary/aromatic N) is 3. The van der Waals surface area contributed by atoms with Crippen LogP contribution < -0.4 is 5.46 Å². The minimum Gasteiger partial charge on any atom is -0.423 e. The predicted octanol–water partition coefficient (Wildman–Crippen LogP) is 0.306. The molecule has 0 radical (unpaired) electrons. The average molecular weight is 243 g/mol. The quantitative estimate of drug-likeness (QED) is 0.760. The standard InChI is InChI=1S/C12H14BN3O2/c1-3-4-16-8(2)15-11-6-9(7-14)5-10(12(11)16)13(17)18/h5-6,17-18H,3-4H2,1-2H3. The van der Waals surface area contributed by atoms with Crippen molar-refractivity contribution in [1.82, 2.24) is 9.55 Å². The van der Waals surface area contributed by atoms with Crippen LogP contribution in [0.3, 0.4) is 0 Å². The second-order valence-electron chi connectivity index (χ2n) is 4.23. The number of benzene rings is 1. The van der Waals surface area contributed by atoms with E-state index < -0.39 is 7.12 Å². The van der Waals surface area contributed by atoms with Crippen molar-refractivity contribution in [3.63, 3.8) is 0 Å².